The first kappa shape index (κ1) is 26.3. The van der Waals surface area contributed by atoms with Gasteiger partial charge in [0.15, 0.2) is 0 Å². The number of aromatic nitrogens is 2. The monoisotopic (exact) mass is 324 g/mol. The molecule has 0 radical (unpaired) electrons. The van der Waals surface area contributed by atoms with Gasteiger partial charge in [-0.2, -0.15) is 5.10 Å². The minimum atomic E-state index is 0.605. The van der Waals surface area contributed by atoms with Crippen LogP contribution in [0.2, 0.25) is 0 Å². The van der Waals surface area contributed by atoms with Crippen molar-refractivity contribution in [3.63, 3.8) is 0 Å². The normalized spacial score (nSPS) is 9.39. The minimum Gasteiger partial charge on any atom is -0.380 e. The van der Waals surface area contributed by atoms with Gasteiger partial charge in [-0.15, -0.1) is 0 Å². The van der Waals surface area contributed by atoms with Gasteiger partial charge in [0, 0.05) is 33.0 Å². The minimum absolute atomic E-state index is 0.605. The average molecular weight is 325 g/mol. The lowest BCUT2D eigenvalue weighted by molar-refractivity contribution is 0.185. The first-order valence-electron chi connectivity index (χ1n) is 8.06. The molecule has 0 unspecified atom stereocenters. The molecule has 1 rings (SSSR count). The van der Waals surface area contributed by atoms with Crippen LogP contribution in [0.3, 0.4) is 0 Å². The van der Waals surface area contributed by atoms with Crippen LogP contribution >= 0.6 is 0 Å². The summed E-state index contributed by atoms with van der Waals surface area (Å²) in [6.45, 7) is 15.0. The van der Waals surface area contributed by atoms with Gasteiger partial charge in [0.05, 0.1) is 19.4 Å². The van der Waals surface area contributed by atoms with E-state index in [0.29, 0.717) is 13.2 Å². The van der Waals surface area contributed by atoms with Gasteiger partial charge in [0.2, 0.25) is 0 Å². The van der Waals surface area contributed by atoms with E-state index >= 15 is 0 Å². The van der Waals surface area contributed by atoms with Gasteiger partial charge in [-0.05, 0) is 12.5 Å². The van der Waals surface area contributed by atoms with Crippen molar-refractivity contribution in [2.75, 3.05) is 20.8 Å². The second-order valence-corrected chi connectivity index (χ2v) is 3.93. The molecule has 4 nitrogen and oxygen atoms in total. The summed E-state index contributed by atoms with van der Waals surface area (Å²) < 4.78 is 11.5. The molecule has 23 heavy (non-hydrogen) atoms. The van der Waals surface area contributed by atoms with Gasteiger partial charge in [-0.1, -0.05) is 58.6 Å². The van der Waals surface area contributed by atoms with E-state index in [1.54, 1.807) is 25.1 Å². The molecule has 134 valence electrons. The molecule has 1 aromatic heterocycles. The van der Waals surface area contributed by atoms with Crippen molar-refractivity contribution in [3.05, 3.63) is 54.4 Å². The van der Waals surface area contributed by atoms with Crippen LogP contribution in [-0.4, -0.2) is 30.6 Å². The van der Waals surface area contributed by atoms with Crippen LogP contribution in [0, 0.1) is 0 Å². The van der Waals surface area contributed by atoms with E-state index in [1.165, 1.54) is 0 Å². The Labute approximate surface area is 143 Å². The smallest absolute Gasteiger partial charge is 0.0743 e. The fourth-order valence-corrected chi connectivity index (χ4v) is 1.25. The summed E-state index contributed by atoms with van der Waals surface area (Å²) >= 11 is 0. The topological polar surface area (TPSA) is 36.3 Å². The Morgan fingerprint density at radius 2 is 1.78 bits per heavy atom. The highest BCUT2D eigenvalue weighted by molar-refractivity contribution is 5.19. The standard InChI is InChI=1S/C9H14O.C6H10N2O.2C2H6/c1-4-5-6-7-9(2)8-10-3;1-8-4-6(3-7-8)5-9-2;2*1-2/h4-7H,2,8H2,1,3H3;3-4H,5H2,1-2H3;2*1-2H3/b5-4-,7-6-;;;. The van der Waals surface area contributed by atoms with Crippen LogP contribution in [-0.2, 0) is 23.1 Å². The van der Waals surface area contributed by atoms with Gasteiger partial charge in [0.1, 0.15) is 0 Å². The molecule has 0 aliphatic rings. The Bertz CT molecular complexity index is 407. The van der Waals surface area contributed by atoms with Crippen LogP contribution in [0.5, 0.6) is 0 Å². The highest BCUT2D eigenvalue weighted by Crippen LogP contribution is 1.96. The molecule has 0 amide bonds. The SMILES string of the molecule is C=C(/C=C\C=C/C)COC.CC.CC.COCc1cnn(C)c1. The van der Waals surface area contributed by atoms with Crippen LogP contribution in [0.15, 0.2) is 48.8 Å². The van der Waals surface area contributed by atoms with E-state index in [2.05, 4.69) is 11.7 Å². The first-order chi connectivity index (χ1) is 11.1. The maximum absolute atomic E-state index is 4.89. The van der Waals surface area contributed by atoms with Gasteiger partial charge in [-0.25, -0.2) is 0 Å². The first-order valence-corrected chi connectivity index (χ1v) is 8.06. The third-order valence-corrected chi connectivity index (χ3v) is 2.03. The summed E-state index contributed by atoms with van der Waals surface area (Å²) in [5.41, 5.74) is 2.10. The lowest BCUT2D eigenvalue weighted by atomic mass is 10.3. The predicted molar refractivity (Wildman–Crippen MR) is 102 cm³/mol. The summed E-state index contributed by atoms with van der Waals surface area (Å²) in [6.07, 6.45) is 11.5. The van der Waals surface area contributed by atoms with E-state index in [-0.39, 0.29) is 0 Å². The highest BCUT2D eigenvalue weighted by atomic mass is 16.5. The van der Waals surface area contributed by atoms with Gasteiger partial charge in [-0.3, -0.25) is 4.68 Å². The van der Waals surface area contributed by atoms with E-state index in [1.807, 2.05) is 72.2 Å². The number of hydrogen-bond donors (Lipinski definition) is 0. The van der Waals surface area contributed by atoms with E-state index in [9.17, 15) is 0 Å². The zero-order chi connectivity index (χ0) is 18.5. The van der Waals surface area contributed by atoms with E-state index in [4.69, 9.17) is 9.47 Å². The molecule has 0 aromatic carbocycles. The second-order valence-electron chi connectivity index (χ2n) is 3.93. The summed E-state index contributed by atoms with van der Waals surface area (Å²) in [5.74, 6) is 0. The highest BCUT2D eigenvalue weighted by Gasteiger charge is 1.91. The van der Waals surface area contributed by atoms with Crippen LogP contribution in [0.4, 0.5) is 0 Å². The van der Waals surface area contributed by atoms with E-state index in [0.717, 1.165) is 11.1 Å². The van der Waals surface area contributed by atoms with Crippen molar-refractivity contribution in [3.8, 4) is 0 Å². The zero-order valence-electron chi connectivity index (χ0n) is 16.3. The lowest BCUT2D eigenvalue weighted by Gasteiger charge is -1.93. The summed E-state index contributed by atoms with van der Waals surface area (Å²) in [4.78, 5) is 0. The molecule has 0 fully saturated rings. The fourth-order valence-electron chi connectivity index (χ4n) is 1.25. The molecule has 0 atom stereocenters. The Hall–Kier alpha value is -1.65. The van der Waals surface area contributed by atoms with Crippen molar-refractivity contribution in [1.82, 2.24) is 9.78 Å². The molecule has 0 spiro atoms. The average Bonchev–Trinajstić information content (AvgIpc) is 2.98. The van der Waals surface area contributed by atoms with E-state index < -0.39 is 0 Å². The maximum atomic E-state index is 4.89. The Morgan fingerprint density at radius 3 is 2.17 bits per heavy atom. The number of ether oxygens (including phenoxy) is 2. The third kappa shape index (κ3) is 20.4. The molecule has 1 heterocycles. The summed E-state index contributed by atoms with van der Waals surface area (Å²) in [7, 11) is 5.22. The fraction of sp³-hybridized carbons (Fsp3) is 0.526. The van der Waals surface area contributed by atoms with Crippen LogP contribution < -0.4 is 0 Å². The Morgan fingerprint density at radius 1 is 1.17 bits per heavy atom. The molecule has 1 aromatic rings. The predicted octanol–water partition coefficient (Wildman–Crippen LogP) is 4.94. The van der Waals surface area contributed by atoms with Crippen molar-refractivity contribution in [2.24, 2.45) is 7.05 Å². The van der Waals surface area contributed by atoms with Gasteiger partial charge in [0.25, 0.3) is 0 Å². The van der Waals surface area contributed by atoms with Crippen molar-refractivity contribution >= 4 is 0 Å². The number of allylic oxidation sites excluding steroid dienone is 3. The molecule has 4 heteroatoms. The van der Waals surface area contributed by atoms with Crippen molar-refractivity contribution in [1.29, 1.82) is 0 Å². The zero-order valence-corrected chi connectivity index (χ0v) is 16.3. The molecule has 0 aliphatic carbocycles. The number of aryl methyl sites for hydroxylation is 1. The number of hydrogen-bond acceptors (Lipinski definition) is 3. The molecule has 0 saturated carbocycles. The summed E-state index contributed by atoms with van der Waals surface area (Å²) in [5, 5.41) is 3.97. The molecular formula is C19H36N2O2. The third-order valence-electron chi connectivity index (χ3n) is 2.03. The van der Waals surface area contributed by atoms with Crippen LogP contribution in [0.1, 0.15) is 40.2 Å². The summed E-state index contributed by atoms with van der Waals surface area (Å²) in [6, 6.07) is 0. The molecule has 0 N–H and O–H groups in total. The quantitative estimate of drug-likeness (QED) is 0.695. The number of methoxy groups -OCH3 is 2. The molecular weight excluding hydrogens is 288 g/mol. The van der Waals surface area contributed by atoms with Crippen molar-refractivity contribution in [2.45, 2.75) is 41.2 Å². The van der Waals surface area contributed by atoms with Gasteiger partial charge < -0.3 is 9.47 Å². The molecule has 0 bridgehead atoms. The molecule has 0 aliphatic heterocycles. The van der Waals surface area contributed by atoms with Crippen LogP contribution in [0.25, 0.3) is 0 Å². The Kier molecular flexibility index (Phi) is 25.8. The largest absolute Gasteiger partial charge is 0.380 e. The number of rotatable bonds is 6. The van der Waals surface area contributed by atoms with Gasteiger partial charge >= 0.3 is 0 Å². The lowest BCUT2D eigenvalue weighted by Crippen LogP contribution is -1.87. The maximum Gasteiger partial charge on any atom is 0.0743 e. The van der Waals surface area contributed by atoms with Crippen molar-refractivity contribution < 1.29 is 9.47 Å². The molecule has 0 saturated heterocycles. The Balaban J connectivity index is -0.000000286. The number of nitrogens with zero attached hydrogens (tertiary/aromatic N) is 2. The second kappa shape index (κ2) is 22.6.